The molecule has 0 amide bonds. The highest BCUT2D eigenvalue weighted by atomic mass is 32.1. The van der Waals surface area contributed by atoms with Crippen molar-refractivity contribution in [2.45, 2.75) is 51.5 Å². The molecule has 2 unspecified atom stereocenters. The van der Waals surface area contributed by atoms with E-state index in [0.29, 0.717) is 0 Å². The second-order valence-electron chi connectivity index (χ2n) is 4.52. The molecule has 2 heteroatoms. The number of nitrogens with one attached hydrogen (secondary N) is 1. The van der Waals surface area contributed by atoms with E-state index in [1.54, 1.807) is 4.88 Å². The second kappa shape index (κ2) is 5.13. The maximum Gasteiger partial charge on any atom is 0.0144 e. The first-order valence-corrected chi connectivity index (χ1v) is 6.98. The molecule has 0 saturated heterocycles. The number of hydrogen-bond acceptors (Lipinski definition) is 2. The molecule has 2 rings (SSSR count). The van der Waals surface area contributed by atoms with Gasteiger partial charge < -0.3 is 5.32 Å². The van der Waals surface area contributed by atoms with Crippen LogP contribution in [0.2, 0.25) is 0 Å². The summed E-state index contributed by atoms with van der Waals surface area (Å²) in [5.74, 6) is 0.777. The lowest BCUT2D eigenvalue weighted by Gasteiger charge is -2.32. The van der Waals surface area contributed by atoms with Crippen LogP contribution in [0.4, 0.5) is 0 Å². The first kappa shape index (κ1) is 11.2. The molecule has 1 aliphatic carbocycles. The van der Waals surface area contributed by atoms with Crippen LogP contribution < -0.4 is 5.32 Å². The van der Waals surface area contributed by atoms with Crippen LogP contribution in [-0.4, -0.2) is 12.6 Å². The van der Waals surface area contributed by atoms with Crippen LogP contribution in [0.1, 0.15) is 49.0 Å². The minimum absolute atomic E-state index is 0.723. The quantitative estimate of drug-likeness (QED) is 0.824. The molecule has 1 aliphatic rings. The number of hydrogen-bond donors (Lipinski definition) is 1. The van der Waals surface area contributed by atoms with Crippen molar-refractivity contribution in [2.75, 3.05) is 6.54 Å². The van der Waals surface area contributed by atoms with Gasteiger partial charge in [-0.3, -0.25) is 0 Å². The average Bonchev–Trinajstić information content (AvgIpc) is 2.66. The van der Waals surface area contributed by atoms with Crippen LogP contribution in [0.3, 0.4) is 0 Å². The minimum atomic E-state index is 0.723. The molecule has 1 aromatic heterocycles. The van der Waals surface area contributed by atoms with Gasteiger partial charge in [0.25, 0.3) is 0 Å². The van der Waals surface area contributed by atoms with Gasteiger partial charge in [-0.25, -0.2) is 0 Å². The Morgan fingerprint density at radius 1 is 1.40 bits per heavy atom. The van der Waals surface area contributed by atoms with Gasteiger partial charge in [0, 0.05) is 16.8 Å². The molecule has 15 heavy (non-hydrogen) atoms. The Morgan fingerprint density at radius 2 is 2.20 bits per heavy atom. The van der Waals surface area contributed by atoms with Gasteiger partial charge in [0.15, 0.2) is 0 Å². The zero-order valence-electron chi connectivity index (χ0n) is 9.75. The SMILES string of the molecule is CCNC1CCCCC1c1sccc1C. The molecule has 0 aliphatic heterocycles. The van der Waals surface area contributed by atoms with Gasteiger partial charge in [0.1, 0.15) is 0 Å². The van der Waals surface area contributed by atoms with Crippen molar-refractivity contribution in [1.82, 2.24) is 5.32 Å². The highest BCUT2D eigenvalue weighted by molar-refractivity contribution is 7.10. The van der Waals surface area contributed by atoms with Crippen molar-refractivity contribution in [3.8, 4) is 0 Å². The standard InChI is InChI=1S/C13H21NS/c1-3-14-12-7-5-4-6-11(12)13-10(2)8-9-15-13/h8-9,11-12,14H,3-7H2,1-2H3. The highest BCUT2D eigenvalue weighted by Gasteiger charge is 2.27. The maximum atomic E-state index is 3.66. The third-order valence-corrected chi connectivity index (χ3v) is 4.62. The molecule has 0 bridgehead atoms. The van der Waals surface area contributed by atoms with E-state index in [4.69, 9.17) is 0 Å². The Bertz CT molecular complexity index is 303. The number of rotatable bonds is 3. The van der Waals surface area contributed by atoms with Crippen molar-refractivity contribution < 1.29 is 0 Å². The Morgan fingerprint density at radius 3 is 2.87 bits per heavy atom. The average molecular weight is 223 g/mol. The summed E-state index contributed by atoms with van der Waals surface area (Å²) in [6.07, 6.45) is 5.54. The lowest BCUT2D eigenvalue weighted by atomic mass is 9.82. The fourth-order valence-corrected chi connectivity index (χ4v) is 3.85. The van der Waals surface area contributed by atoms with E-state index in [2.05, 4.69) is 30.6 Å². The Balaban J connectivity index is 2.14. The molecule has 0 radical (unpaired) electrons. The topological polar surface area (TPSA) is 12.0 Å². The van der Waals surface area contributed by atoms with Crippen LogP contribution in [0, 0.1) is 6.92 Å². The van der Waals surface area contributed by atoms with E-state index < -0.39 is 0 Å². The Kier molecular flexibility index (Phi) is 3.81. The van der Waals surface area contributed by atoms with Gasteiger partial charge in [-0.05, 0) is 43.3 Å². The first-order chi connectivity index (χ1) is 7.33. The fraction of sp³-hybridized carbons (Fsp3) is 0.692. The second-order valence-corrected chi connectivity index (χ2v) is 5.47. The van der Waals surface area contributed by atoms with Crippen LogP contribution >= 0.6 is 11.3 Å². The van der Waals surface area contributed by atoms with Crippen LogP contribution in [0.25, 0.3) is 0 Å². The van der Waals surface area contributed by atoms with E-state index in [1.165, 1.54) is 31.2 Å². The normalized spacial score (nSPS) is 26.8. The number of thiophene rings is 1. The summed E-state index contributed by atoms with van der Waals surface area (Å²) in [7, 11) is 0. The van der Waals surface area contributed by atoms with Crippen LogP contribution in [0.5, 0.6) is 0 Å². The molecule has 1 fully saturated rings. The molecule has 0 aromatic carbocycles. The molecule has 1 nitrogen and oxygen atoms in total. The molecule has 1 saturated carbocycles. The van der Waals surface area contributed by atoms with Gasteiger partial charge in [-0.1, -0.05) is 19.8 Å². The summed E-state index contributed by atoms with van der Waals surface area (Å²) in [4.78, 5) is 1.63. The lowest BCUT2D eigenvalue weighted by molar-refractivity contribution is 0.335. The summed E-state index contributed by atoms with van der Waals surface area (Å²) >= 11 is 1.95. The summed E-state index contributed by atoms with van der Waals surface area (Å²) in [5, 5.41) is 5.90. The summed E-state index contributed by atoms with van der Waals surface area (Å²) < 4.78 is 0. The van der Waals surface area contributed by atoms with Crippen molar-refractivity contribution in [1.29, 1.82) is 0 Å². The molecule has 2 atom stereocenters. The molecule has 84 valence electrons. The summed E-state index contributed by atoms with van der Waals surface area (Å²) in [6.45, 7) is 5.57. The Hall–Kier alpha value is -0.340. The molecular formula is C13H21NS. The van der Waals surface area contributed by atoms with Gasteiger partial charge in [0.2, 0.25) is 0 Å². The smallest absolute Gasteiger partial charge is 0.0144 e. The minimum Gasteiger partial charge on any atom is -0.314 e. The first-order valence-electron chi connectivity index (χ1n) is 6.10. The Labute approximate surface area is 96.9 Å². The van der Waals surface area contributed by atoms with E-state index in [1.807, 2.05) is 11.3 Å². The monoisotopic (exact) mass is 223 g/mol. The van der Waals surface area contributed by atoms with Crippen molar-refractivity contribution in [3.63, 3.8) is 0 Å². The fourth-order valence-electron chi connectivity index (χ4n) is 2.72. The summed E-state index contributed by atoms with van der Waals surface area (Å²) in [6, 6.07) is 2.98. The molecular weight excluding hydrogens is 202 g/mol. The van der Waals surface area contributed by atoms with Crippen molar-refractivity contribution in [2.24, 2.45) is 0 Å². The van der Waals surface area contributed by atoms with E-state index >= 15 is 0 Å². The third kappa shape index (κ3) is 2.43. The van der Waals surface area contributed by atoms with Gasteiger partial charge >= 0.3 is 0 Å². The number of aryl methyl sites for hydroxylation is 1. The van der Waals surface area contributed by atoms with E-state index in [-0.39, 0.29) is 0 Å². The van der Waals surface area contributed by atoms with Crippen LogP contribution in [0.15, 0.2) is 11.4 Å². The van der Waals surface area contributed by atoms with Crippen LogP contribution in [-0.2, 0) is 0 Å². The predicted molar refractivity (Wildman–Crippen MR) is 67.7 cm³/mol. The van der Waals surface area contributed by atoms with E-state index in [9.17, 15) is 0 Å². The zero-order valence-corrected chi connectivity index (χ0v) is 10.6. The van der Waals surface area contributed by atoms with Gasteiger partial charge in [0.05, 0.1) is 0 Å². The van der Waals surface area contributed by atoms with Crippen molar-refractivity contribution >= 4 is 11.3 Å². The van der Waals surface area contributed by atoms with E-state index in [0.717, 1.165) is 18.5 Å². The van der Waals surface area contributed by atoms with Crippen molar-refractivity contribution in [3.05, 3.63) is 21.9 Å². The molecule has 0 spiro atoms. The molecule has 1 aromatic rings. The van der Waals surface area contributed by atoms with Gasteiger partial charge in [-0.15, -0.1) is 11.3 Å². The summed E-state index contributed by atoms with van der Waals surface area (Å²) in [5.41, 5.74) is 1.50. The largest absolute Gasteiger partial charge is 0.314 e. The predicted octanol–water partition coefficient (Wildman–Crippen LogP) is 3.69. The maximum absolute atomic E-state index is 3.66. The highest BCUT2D eigenvalue weighted by Crippen LogP contribution is 2.37. The third-order valence-electron chi connectivity index (χ3n) is 3.47. The molecule has 1 N–H and O–H groups in total. The number of likely N-dealkylation sites (N-methyl/N-ethyl adjacent to an activating group) is 1. The lowest BCUT2D eigenvalue weighted by Crippen LogP contribution is -2.36. The van der Waals surface area contributed by atoms with Gasteiger partial charge in [-0.2, -0.15) is 0 Å². The zero-order chi connectivity index (χ0) is 10.7. The molecule has 1 heterocycles.